The van der Waals surface area contributed by atoms with Crippen molar-refractivity contribution in [3.8, 4) is 0 Å². The van der Waals surface area contributed by atoms with Crippen LogP contribution in [-0.4, -0.2) is 16.6 Å². The molecule has 0 spiro atoms. The molecule has 1 aromatic heterocycles. The van der Waals surface area contributed by atoms with Gasteiger partial charge in [-0.05, 0) is 52.0 Å². The molecular formula is C17H19BrN2OS. The molecule has 0 atom stereocenters. The van der Waals surface area contributed by atoms with Crippen molar-refractivity contribution in [1.29, 1.82) is 0 Å². The number of hydrogen-bond acceptors (Lipinski definition) is 3. The highest BCUT2D eigenvalue weighted by Crippen LogP contribution is 2.27. The first kappa shape index (κ1) is 17.0. The lowest BCUT2D eigenvalue weighted by Crippen LogP contribution is -2.16. The van der Waals surface area contributed by atoms with Crippen molar-refractivity contribution < 1.29 is 4.79 Å². The summed E-state index contributed by atoms with van der Waals surface area (Å²) in [5.74, 6) is 0.711. The van der Waals surface area contributed by atoms with Gasteiger partial charge in [-0.25, -0.2) is 4.98 Å². The van der Waals surface area contributed by atoms with Crippen molar-refractivity contribution in [2.45, 2.75) is 31.7 Å². The summed E-state index contributed by atoms with van der Waals surface area (Å²) in [6.07, 6.45) is 1.73. The summed E-state index contributed by atoms with van der Waals surface area (Å²) in [7, 11) is 0. The van der Waals surface area contributed by atoms with Crippen molar-refractivity contribution >= 4 is 39.3 Å². The average Bonchev–Trinajstić information content (AvgIpc) is 2.48. The molecule has 3 nitrogen and oxygen atoms in total. The van der Waals surface area contributed by atoms with E-state index in [9.17, 15) is 4.79 Å². The summed E-state index contributed by atoms with van der Waals surface area (Å²) in [6, 6.07) is 9.93. The zero-order valence-electron chi connectivity index (χ0n) is 12.9. The standard InChI is InChI=1S/C17H19BrN2OS/c1-11(2)14-6-4-5-12(3)17(14)20-15(21)10-22-16-8-7-13(18)9-19-16/h4-9,11H,10H2,1-3H3,(H,20,21). The van der Waals surface area contributed by atoms with Crippen molar-refractivity contribution in [2.24, 2.45) is 0 Å². The third-order valence-electron chi connectivity index (χ3n) is 3.24. The van der Waals surface area contributed by atoms with Gasteiger partial charge < -0.3 is 5.32 Å². The SMILES string of the molecule is Cc1cccc(C(C)C)c1NC(=O)CSc1ccc(Br)cn1. The zero-order valence-corrected chi connectivity index (χ0v) is 15.3. The van der Waals surface area contributed by atoms with Crippen LogP contribution in [0.4, 0.5) is 5.69 Å². The molecule has 2 aromatic rings. The van der Waals surface area contributed by atoms with E-state index >= 15 is 0 Å². The van der Waals surface area contributed by atoms with E-state index in [2.05, 4.69) is 46.1 Å². The van der Waals surface area contributed by atoms with Crippen molar-refractivity contribution in [3.05, 3.63) is 52.1 Å². The summed E-state index contributed by atoms with van der Waals surface area (Å²) in [6.45, 7) is 6.28. The number of carbonyl (C=O) groups excluding carboxylic acids is 1. The van der Waals surface area contributed by atoms with Gasteiger partial charge in [-0.2, -0.15) is 0 Å². The number of amides is 1. The Labute approximate surface area is 144 Å². The molecule has 1 aromatic carbocycles. The largest absolute Gasteiger partial charge is 0.325 e. The number of nitrogens with one attached hydrogen (secondary N) is 1. The minimum absolute atomic E-state index is 0.00841. The quantitative estimate of drug-likeness (QED) is 0.743. The van der Waals surface area contributed by atoms with E-state index < -0.39 is 0 Å². The second-order valence-electron chi connectivity index (χ2n) is 5.35. The van der Waals surface area contributed by atoms with Gasteiger partial charge in [0.05, 0.1) is 10.8 Å². The molecule has 2 rings (SSSR count). The number of benzene rings is 1. The molecule has 1 heterocycles. The second kappa shape index (κ2) is 7.79. The van der Waals surface area contributed by atoms with Crippen LogP contribution in [0, 0.1) is 6.92 Å². The van der Waals surface area contributed by atoms with Gasteiger partial charge in [-0.15, -0.1) is 0 Å². The van der Waals surface area contributed by atoms with Crippen LogP contribution in [0.15, 0.2) is 46.0 Å². The van der Waals surface area contributed by atoms with Gasteiger partial charge in [-0.1, -0.05) is 43.8 Å². The molecular weight excluding hydrogens is 360 g/mol. The summed E-state index contributed by atoms with van der Waals surface area (Å²) in [4.78, 5) is 16.5. The minimum Gasteiger partial charge on any atom is -0.325 e. The Morgan fingerprint density at radius 2 is 2.09 bits per heavy atom. The lowest BCUT2D eigenvalue weighted by atomic mass is 9.98. The molecule has 0 fully saturated rings. The van der Waals surface area contributed by atoms with E-state index in [4.69, 9.17) is 0 Å². The van der Waals surface area contributed by atoms with Crippen LogP contribution < -0.4 is 5.32 Å². The highest BCUT2D eigenvalue weighted by atomic mass is 79.9. The summed E-state index contributed by atoms with van der Waals surface area (Å²) < 4.78 is 0.933. The number of aryl methyl sites for hydroxylation is 1. The van der Waals surface area contributed by atoms with Crippen LogP contribution in [-0.2, 0) is 4.79 Å². The second-order valence-corrected chi connectivity index (χ2v) is 7.26. The highest BCUT2D eigenvalue weighted by Gasteiger charge is 2.12. The molecule has 0 radical (unpaired) electrons. The number of nitrogens with zero attached hydrogens (tertiary/aromatic N) is 1. The van der Waals surface area contributed by atoms with Crippen LogP contribution in [0.2, 0.25) is 0 Å². The average molecular weight is 379 g/mol. The van der Waals surface area contributed by atoms with Gasteiger partial charge >= 0.3 is 0 Å². The van der Waals surface area contributed by atoms with Gasteiger partial charge in [0, 0.05) is 16.4 Å². The molecule has 5 heteroatoms. The number of rotatable bonds is 5. The topological polar surface area (TPSA) is 42.0 Å². The summed E-state index contributed by atoms with van der Waals surface area (Å²) in [5.41, 5.74) is 3.19. The van der Waals surface area contributed by atoms with Gasteiger partial charge in [0.2, 0.25) is 5.91 Å². The molecule has 116 valence electrons. The van der Waals surface area contributed by atoms with Crippen LogP contribution in [0.25, 0.3) is 0 Å². The predicted octanol–water partition coefficient (Wildman–Crippen LogP) is 5.01. The number of para-hydroxylation sites is 1. The molecule has 0 saturated carbocycles. The van der Waals surface area contributed by atoms with Crippen molar-refractivity contribution in [1.82, 2.24) is 4.98 Å². The lowest BCUT2D eigenvalue weighted by molar-refractivity contribution is -0.113. The molecule has 1 N–H and O–H groups in total. The fourth-order valence-corrected chi connectivity index (χ4v) is 2.98. The third-order valence-corrected chi connectivity index (χ3v) is 4.66. The zero-order chi connectivity index (χ0) is 16.1. The Hall–Kier alpha value is -1.33. The smallest absolute Gasteiger partial charge is 0.234 e. The maximum Gasteiger partial charge on any atom is 0.234 e. The number of thioether (sulfide) groups is 1. The van der Waals surface area contributed by atoms with Crippen LogP contribution in [0.3, 0.4) is 0 Å². The number of carbonyl (C=O) groups is 1. The van der Waals surface area contributed by atoms with Crippen LogP contribution in [0.1, 0.15) is 30.9 Å². The first-order valence-corrected chi connectivity index (χ1v) is 8.89. The van der Waals surface area contributed by atoms with Crippen LogP contribution >= 0.6 is 27.7 Å². The molecule has 0 aliphatic heterocycles. The normalized spacial score (nSPS) is 10.8. The van der Waals surface area contributed by atoms with E-state index in [0.717, 1.165) is 20.7 Å². The molecule has 0 bridgehead atoms. The minimum atomic E-state index is -0.00841. The van der Waals surface area contributed by atoms with Gasteiger partial charge in [0.1, 0.15) is 0 Å². The Bertz CT molecular complexity index is 656. The molecule has 22 heavy (non-hydrogen) atoms. The van der Waals surface area contributed by atoms with Gasteiger partial charge in [0.15, 0.2) is 0 Å². The Balaban J connectivity index is 2.02. The predicted molar refractivity (Wildman–Crippen MR) is 96.6 cm³/mol. The Morgan fingerprint density at radius 3 is 2.73 bits per heavy atom. The number of anilines is 1. The summed E-state index contributed by atoms with van der Waals surface area (Å²) >= 11 is 4.78. The highest BCUT2D eigenvalue weighted by molar-refractivity contribution is 9.10. The molecule has 0 saturated heterocycles. The van der Waals surface area contributed by atoms with Crippen molar-refractivity contribution in [2.75, 3.05) is 11.1 Å². The fourth-order valence-electron chi connectivity index (χ4n) is 2.10. The lowest BCUT2D eigenvalue weighted by Gasteiger charge is -2.16. The Kier molecular flexibility index (Phi) is 6.03. The molecule has 1 amide bonds. The monoisotopic (exact) mass is 378 g/mol. The molecule has 0 aliphatic carbocycles. The Morgan fingerprint density at radius 1 is 1.32 bits per heavy atom. The van der Waals surface area contributed by atoms with E-state index in [1.54, 1.807) is 6.20 Å². The maximum atomic E-state index is 12.2. The number of aromatic nitrogens is 1. The van der Waals surface area contributed by atoms with E-state index in [0.29, 0.717) is 11.7 Å². The maximum absolute atomic E-state index is 12.2. The first-order valence-electron chi connectivity index (χ1n) is 7.11. The molecule has 0 aliphatic rings. The van der Waals surface area contributed by atoms with E-state index in [1.807, 2.05) is 31.2 Å². The number of hydrogen-bond donors (Lipinski definition) is 1. The molecule has 0 unspecified atom stereocenters. The number of halogens is 1. The van der Waals surface area contributed by atoms with Gasteiger partial charge in [-0.3, -0.25) is 4.79 Å². The van der Waals surface area contributed by atoms with Crippen molar-refractivity contribution in [3.63, 3.8) is 0 Å². The first-order chi connectivity index (χ1) is 10.5. The summed E-state index contributed by atoms with van der Waals surface area (Å²) in [5, 5.41) is 3.88. The number of pyridine rings is 1. The van der Waals surface area contributed by atoms with Gasteiger partial charge in [0.25, 0.3) is 0 Å². The fraction of sp³-hybridized carbons (Fsp3) is 0.294. The third kappa shape index (κ3) is 4.58. The van der Waals surface area contributed by atoms with E-state index in [-0.39, 0.29) is 5.91 Å². The van der Waals surface area contributed by atoms with Crippen LogP contribution in [0.5, 0.6) is 0 Å². The van der Waals surface area contributed by atoms with E-state index in [1.165, 1.54) is 17.3 Å².